The highest BCUT2D eigenvalue weighted by molar-refractivity contribution is 5.70. The summed E-state index contributed by atoms with van der Waals surface area (Å²) >= 11 is 0. The molecule has 0 radical (unpaired) electrons. The third-order valence-corrected chi connectivity index (χ3v) is 3.08. The zero-order valence-electron chi connectivity index (χ0n) is 11.4. The van der Waals surface area contributed by atoms with Crippen LogP contribution in [0.2, 0.25) is 0 Å². The average Bonchev–Trinajstić information content (AvgIpc) is 2.91. The highest BCUT2D eigenvalue weighted by atomic mass is 16.5. The molecule has 1 fully saturated rings. The number of benzene rings is 1. The molecule has 5 nitrogen and oxygen atoms in total. The normalized spacial score (nSPS) is 18.1. The molecular weight excluding hydrogens is 260 g/mol. The minimum absolute atomic E-state index is 0.00667. The first-order valence-electron chi connectivity index (χ1n) is 6.87. The number of aliphatic carboxylic acids is 1. The fourth-order valence-corrected chi connectivity index (χ4v) is 2.13. The predicted molar refractivity (Wildman–Crippen MR) is 73.1 cm³/mol. The highest BCUT2D eigenvalue weighted by Gasteiger charge is 2.14. The number of rotatable bonds is 8. The molecule has 0 spiro atoms. The van der Waals surface area contributed by atoms with Gasteiger partial charge >= 0.3 is 5.97 Å². The SMILES string of the molecule is O=C(O)Cc1cccc(OCCOCC2CCCO2)c1. The molecule has 1 heterocycles. The van der Waals surface area contributed by atoms with Crippen LogP contribution in [0, 0.1) is 0 Å². The monoisotopic (exact) mass is 280 g/mol. The third-order valence-electron chi connectivity index (χ3n) is 3.08. The van der Waals surface area contributed by atoms with Gasteiger partial charge < -0.3 is 19.3 Å². The molecule has 1 atom stereocenters. The van der Waals surface area contributed by atoms with E-state index in [-0.39, 0.29) is 12.5 Å². The Balaban J connectivity index is 1.64. The van der Waals surface area contributed by atoms with E-state index in [0.717, 1.165) is 25.0 Å². The van der Waals surface area contributed by atoms with Gasteiger partial charge in [0.2, 0.25) is 0 Å². The van der Waals surface area contributed by atoms with E-state index in [2.05, 4.69) is 0 Å². The van der Waals surface area contributed by atoms with Crippen LogP contribution in [-0.4, -0.2) is 43.6 Å². The maximum Gasteiger partial charge on any atom is 0.307 e. The van der Waals surface area contributed by atoms with Gasteiger partial charge in [-0.1, -0.05) is 12.1 Å². The Morgan fingerprint density at radius 3 is 3.05 bits per heavy atom. The van der Waals surface area contributed by atoms with Gasteiger partial charge in [0.15, 0.2) is 0 Å². The van der Waals surface area contributed by atoms with Crippen LogP contribution in [-0.2, 0) is 20.7 Å². The second-order valence-corrected chi connectivity index (χ2v) is 4.78. The van der Waals surface area contributed by atoms with Crippen molar-refractivity contribution in [3.8, 4) is 5.75 Å². The number of hydrogen-bond donors (Lipinski definition) is 1. The molecule has 1 saturated heterocycles. The second-order valence-electron chi connectivity index (χ2n) is 4.78. The number of hydrogen-bond acceptors (Lipinski definition) is 4. The summed E-state index contributed by atoms with van der Waals surface area (Å²) in [5.41, 5.74) is 0.732. The molecule has 5 heteroatoms. The molecule has 0 saturated carbocycles. The first kappa shape index (κ1) is 14.8. The van der Waals surface area contributed by atoms with Gasteiger partial charge in [-0.05, 0) is 30.5 Å². The van der Waals surface area contributed by atoms with E-state index in [4.69, 9.17) is 19.3 Å². The molecule has 20 heavy (non-hydrogen) atoms. The summed E-state index contributed by atoms with van der Waals surface area (Å²) in [5.74, 6) is -0.175. The Bertz CT molecular complexity index is 426. The van der Waals surface area contributed by atoms with Crippen molar-refractivity contribution in [3.05, 3.63) is 29.8 Å². The number of carbonyl (C=O) groups is 1. The molecule has 1 N–H and O–H groups in total. The second kappa shape index (κ2) is 7.87. The summed E-state index contributed by atoms with van der Waals surface area (Å²) in [6.45, 7) is 2.40. The van der Waals surface area contributed by atoms with Gasteiger partial charge in [0.1, 0.15) is 12.4 Å². The van der Waals surface area contributed by atoms with E-state index in [0.29, 0.717) is 25.6 Å². The summed E-state index contributed by atoms with van der Waals surface area (Å²) in [5, 5.41) is 8.73. The summed E-state index contributed by atoms with van der Waals surface area (Å²) in [6, 6.07) is 7.12. The van der Waals surface area contributed by atoms with Gasteiger partial charge in [0, 0.05) is 6.61 Å². The summed E-state index contributed by atoms with van der Waals surface area (Å²) in [6.07, 6.45) is 2.42. The van der Waals surface area contributed by atoms with E-state index in [1.807, 2.05) is 6.07 Å². The fourth-order valence-electron chi connectivity index (χ4n) is 2.13. The van der Waals surface area contributed by atoms with Crippen LogP contribution in [0.1, 0.15) is 18.4 Å². The molecule has 0 amide bonds. The zero-order valence-corrected chi connectivity index (χ0v) is 11.4. The van der Waals surface area contributed by atoms with Crippen molar-refractivity contribution in [2.45, 2.75) is 25.4 Å². The van der Waals surface area contributed by atoms with Crippen molar-refractivity contribution in [1.29, 1.82) is 0 Å². The molecule has 110 valence electrons. The minimum atomic E-state index is -0.845. The lowest BCUT2D eigenvalue weighted by atomic mass is 10.1. The topological polar surface area (TPSA) is 65.0 Å². The lowest BCUT2D eigenvalue weighted by Gasteiger charge is -2.11. The van der Waals surface area contributed by atoms with Gasteiger partial charge in [0.25, 0.3) is 0 Å². The van der Waals surface area contributed by atoms with Crippen molar-refractivity contribution < 1.29 is 24.1 Å². The smallest absolute Gasteiger partial charge is 0.307 e. The molecule has 1 aromatic rings. The molecule has 1 aliphatic heterocycles. The Morgan fingerprint density at radius 2 is 2.30 bits per heavy atom. The molecular formula is C15H20O5. The van der Waals surface area contributed by atoms with Crippen LogP contribution < -0.4 is 4.74 Å². The third kappa shape index (κ3) is 5.19. The standard InChI is InChI=1S/C15H20O5/c16-15(17)10-12-3-1-4-13(9-12)20-8-7-18-11-14-5-2-6-19-14/h1,3-4,9,14H,2,5-8,10-11H2,(H,16,17). The van der Waals surface area contributed by atoms with Crippen molar-refractivity contribution in [2.24, 2.45) is 0 Å². The van der Waals surface area contributed by atoms with Gasteiger partial charge in [0.05, 0.1) is 25.7 Å². The quantitative estimate of drug-likeness (QED) is 0.737. The van der Waals surface area contributed by atoms with Gasteiger partial charge in [-0.3, -0.25) is 4.79 Å². The van der Waals surface area contributed by atoms with Crippen LogP contribution in [0.25, 0.3) is 0 Å². The summed E-state index contributed by atoms with van der Waals surface area (Å²) in [4.78, 5) is 10.6. The zero-order chi connectivity index (χ0) is 14.2. The maximum absolute atomic E-state index is 10.6. The molecule has 0 aromatic heterocycles. The lowest BCUT2D eigenvalue weighted by molar-refractivity contribution is -0.136. The Morgan fingerprint density at radius 1 is 1.40 bits per heavy atom. The lowest BCUT2D eigenvalue weighted by Crippen LogP contribution is -2.17. The Hall–Kier alpha value is -1.59. The average molecular weight is 280 g/mol. The largest absolute Gasteiger partial charge is 0.491 e. The molecule has 0 bridgehead atoms. The van der Waals surface area contributed by atoms with E-state index >= 15 is 0 Å². The molecule has 1 aliphatic rings. The van der Waals surface area contributed by atoms with E-state index in [1.54, 1.807) is 18.2 Å². The van der Waals surface area contributed by atoms with Crippen molar-refractivity contribution in [1.82, 2.24) is 0 Å². The van der Waals surface area contributed by atoms with Gasteiger partial charge in [-0.25, -0.2) is 0 Å². The molecule has 1 unspecified atom stereocenters. The molecule has 2 rings (SSSR count). The fraction of sp³-hybridized carbons (Fsp3) is 0.533. The number of carboxylic acid groups (broad SMARTS) is 1. The van der Waals surface area contributed by atoms with E-state index in [1.165, 1.54) is 0 Å². The Kier molecular flexibility index (Phi) is 5.83. The van der Waals surface area contributed by atoms with Crippen LogP contribution in [0.4, 0.5) is 0 Å². The number of ether oxygens (including phenoxy) is 3. The summed E-state index contributed by atoms with van der Waals surface area (Å²) < 4.78 is 16.5. The predicted octanol–water partition coefficient (Wildman–Crippen LogP) is 1.89. The van der Waals surface area contributed by atoms with E-state index in [9.17, 15) is 4.79 Å². The minimum Gasteiger partial charge on any atom is -0.491 e. The van der Waals surface area contributed by atoms with E-state index < -0.39 is 5.97 Å². The van der Waals surface area contributed by atoms with Crippen molar-refractivity contribution >= 4 is 5.97 Å². The Labute approximate surface area is 118 Å². The molecule has 0 aliphatic carbocycles. The maximum atomic E-state index is 10.6. The molecule has 1 aromatic carbocycles. The van der Waals surface area contributed by atoms with Crippen LogP contribution in [0.3, 0.4) is 0 Å². The first-order chi connectivity index (χ1) is 9.74. The number of carboxylic acids is 1. The first-order valence-corrected chi connectivity index (χ1v) is 6.87. The summed E-state index contributed by atoms with van der Waals surface area (Å²) in [7, 11) is 0. The van der Waals surface area contributed by atoms with Crippen LogP contribution in [0.15, 0.2) is 24.3 Å². The van der Waals surface area contributed by atoms with Gasteiger partial charge in [-0.2, -0.15) is 0 Å². The van der Waals surface area contributed by atoms with Crippen molar-refractivity contribution in [2.75, 3.05) is 26.4 Å². The van der Waals surface area contributed by atoms with Crippen LogP contribution in [0.5, 0.6) is 5.75 Å². The highest BCUT2D eigenvalue weighted by Crippen LogP contribution is 2.14. The van der Waals surface area contributed by atoms with Crippen LogP contribution >= 0.6 is 0 Å². The van der Waals surface area contributed by atoms with Gasteiger partial charge in [-0.15, -0.1) is 0 Å². The van der Waals surface area contributed by atoms with Crippen molar-refractivity contribution in [3.63, 3.8) is 0 Å².